The number of rotatable bonds is 6. The van der Waals surface area contributed by atoms with Crippen molar-refractivity contribution in [2.45, 2.75) is 32.3 Å². The van der Waals surface area contributed by atoms with E-state index >= 15 is 0 Å². The van der Waals surface area contributed by atoms with Crippen molar-refractivity contribution in [1.29, 1.82) is 0 Å². The first-order valence-corrected chi connectivity index (χ1v) is 7.87. The molecule has 22 heavy (non-hydrogen) atoms. The Hall–Kier alpha value is -1.69. The van der Waals surface area contributed by atoms with Gasteiger partial charge in [0.05, 0.1) is 5.92 Å². The maximum absolute atomic E-state index is 12.3. The third kappa shape index (κ3) is 6.85. The Morgan fingerprint density at radius 1 is 1.18 bits per heavy atom. The van der Waals surface area contributed by atoms with Crippen molar-refractivity contribution in [2.75, 3.05) is 18.8 Å². The second kappa shape index (κ2) is 8.68. The van der Waals surface area contributed by atoms with Gasteiger partial charge in [0.2, 0.25) is 5.91 Å². The fourth-order valence-corrected chi connectivity index (χ4v) is 1.96. The molecule has 122 valence electrons. The average molecular weight is 324 g/mol. The molecule has 1 aromatic carbocycles. The summed E-state index contributed by atoms with van der Waals surface area (Å²) in [7, 11) is 0. The maximum Gasteiger partial charge on any atom is 0.407 e. The van der Waals surface area contributed by atoms with Gasteiger partial charge in [-0.2, -0.15) is 12.6 Å². The van der Waals surface area contributed by atoms with Gasteiger partial charge in [0, 0.05) is 18.8 Å². The van der Waals surface area contributed by atoms with Crippen LogP contribution >= 0.6 is 12.6 Å². The molecule has 0 aromatic heterocycles. The second-order valence-corrected chi connectivity index (χ2v) is 6.31. The fourth-order valence-electron chi connectivity index (χ4n) is 1.85. The van der Waals surface area contributed by atoms with Crippen LogP contribution in [0.3, 0.4) is 0 Å². The highest BCUT2D eigenvalue weighted by atomic mass is 32.1. The first kappa shape index (κ1) is 18.4. The molecule has 0 fully saturated rings. The molecule has 0 heterocycles. The molecule has 1 aromatic rings. The quantitative estimate of drug-likeness (QED) is 0.704. The normalized spacial score (nSPS) is 12.4. The summed E-state index contributed by atoms with van der Waals surface area (Å²) in [6.45, 7) is 6.04. The van der Waals surface area contributed by atoms with Gasteiger partial charge in [-0.25, -0.2) is 4.79 Å². The third-order valence-electron chi connectivity index (χ3n) is 2.78. The molecule has 2 amide bonds. The Labute approximate surface area is 137 Å². The van der Waals surface area contributed by atoms with E-state index in [1.54, 1.807) is 20.8 Å². The maximum atomic E-state index is 12.3. The van der Waals surface area contributed by atoms with Crippen LogP contribution < -0.4 is 10.6 Å². The molecule has 1 atom stereocenters. The van der Waals surface area contributed by atoms with E-state index in [-0.39, 0.29) is 12.5 Å². The molecule has 0 bridgehead atoms. The minimum absolute atomic E-state index is 0.142. The van der Waals surface area contributed by atoms with Gasteiger partial charge in [-0.3, -0.25) is 4.79 Å². The predicted octanol–water partition coefficient (Wildman–Crippen LogP) is 2.34. The Bertz CT molecular complexity index is 486. The van der Waals surface area contributed by atoms with Crippen LogP contribution in [0, 0.1) is 0 Å². The SMILES string of the molecule is CC(C)(C)OC(=O)NC[C@H](C(=O)NCCS)c1ccccc1. The third-order valence-corrected chi connectivity index (χ3v) is 3.00. The van der Waals surface area contributed by atoms with E-state index in [0.29, 0.717) is 12.3 Å². The zero-order chi connectivity index (χ0) is 16.6. The van der Waals surface area contributed by atoms with Crippen LogP contribution in [-0.4, -0.2) is 36.4 Å². The van der Waals surface area contributed by atoms with Crippen molar-refractivity contribution in [1.82, 2.24) is 10.6 Å². The van der Waals surface area contributed by atoms with Gasteiger partial charge in [0.15, 0.2) is 0 Å². The van der Waals surface area contributed by atoms with E-state index < -0.39 is 17.6 Å². The molecule has 0 unspecified atom stereocenters. The molecule has 1 rings (SSSR count). The average Bonchev–Trinajstić information content (AvgIpc) is 2.44. The molecule has 6 heteroatoms. The van der Waals surface area contributed by atoms with E-state index in [1.807, 2.05) is 30.3 Å². The Balaban J connectivity index is 2.71. The minimum Gasteiger partial charge on any atom is -0.444 e. The van der Waals surface area contributed by atoms with Crippen molar-refractivity contribution in [3.8, 4) is 0 Å². The molecule has 0 saturated carbocycles. The van der Waals surface area contributed by atoms with E-state index in [9.17, 15) is 9.59 Å². The van der Waals surface area contributed by atoms with Crippen molar-refractivity contribution < 1.29 is 14.3 Å². The number of hydrogen-bond acceptors (Lipinski definition) is 4. The molecule has 2 N–H and O–H groups in total. The molecule has 0 radical (unpaired) electrons. The lowest BCUT2D eigenvalue weighted by Gasteiger charge is -2.22. The summed E-state index contributed by atoms with van der Waals surface area (Å²) in [4.78, 5) is 24.0. The number of amides is 2. The molecular formula is C16H24N2O3S. The van der Waals surface area contributed by atoms with Gasteiger partial charge < -0.3 is 15.4 Å². The van der Waals surface area contributed by atoms with Crippen molar-refractivity contribution >= 4 is 24.6 Å². The summed E-state index contributed by atoms with van der Waals surface area (Å²) in [6.07, 6.45) is -0.532. The van der Waals surface area contributed by atoms with Gasteiger partial charge >= 0.3 is 6.09 Å². The van der Waals surface area contributed by atoms with Crippen molar-refractivity contribution in [3.63, 3.8) is 0 Å². The largest absolute Gasteiger partial charge is 0.444 e. The molecule has 0 saturated heterocycles. The Morgan fingerprint density at radius 2 is 1.82 bits per heavy atom. The monoisotopic (exact) mass is 324 g/mol. The summed E-state index contributed by atoms with van der Waals surface area (Å²) in [5.74, 6) is -0.0443. The number of thiol groups is 1. The van der Waals surface area contributed by atoms with Crippen LogP contribution in [0.1, 0.15) is 32.3 Å². The van der Waals surface area contributed by atoms with Crippen molar-refractivity contribution in [3.05, 3.63) is 35.9 Å². The number of alkyl carbamates (subject to hydrolysis) is 1. The topological polar surface area (TPSA) is 67.4 Å². The molecule has 0 spiro atoms. The van der Waals surface area contributed by atoms with Crippen LogP contribution in [0.2, 0.25) is 0 Å². The number of hydrogen-bond donors (Lipinski definition) is 3. The molecular weight excluding hydrogens is 300 g/mol. The smallest absolute Gasteiger partial charge is 0.407 e. The highest BCUT2D eigenvalue weighted by molar-refractivity contribution is 7.80. The summed E-state index contributed by atoms with van der Waals surface area (Å²) in [5.41, 5.74) is 0.274. The van der Waals surface area contributed by atoms with E-state index in [1.165, 1.54) is 0 Å². The van der Waals surface area contributed by atoms with Crippen LogP contribution in [0.15, 0.2) is 30.3 Å². The lowest BCUT2D eigenvalue weighted by molar-refractivity contribution is -0.122. The molecule has 0 aliphatic rings. The first-order valence-electron chi connectivity index (χ1n) is 7.24. The zero-order valence-corrected chi connectivity index (χ0v) is 14.2. The standard InChI is InChI=1S/C16H24N2O3S/c1-16(2,3)21-15(20)18-11-13(14(19)17-9-10-22)12-7-5-4-6-8-12/h4-8,13,22H,9-11H2,1-3H3,(H,17,19)(H,18,20)/t13-/m0/s1. The van der Waals surface area contributed by atoms with Gasteiger partial charge in [0.1, 0.15) is 5.60 Å². The Kier molecular flexibility index (Phi) is 7.24. The number of nitrogens with one attached hydrogen (secondary N) is 2. The predicted molar refractivity (Wildman–Crippen MR) is 90.3 cm³/mol. The number of ether oxygens (including phenoxy) is 1. The summed E-state index contributed by atoms with van der Waals surface area (Å²) >= 11 is 4.08. The van der Waals surface area contributed by atoms with Crippen LogP contribution in [0.4, 0.5) is 4.79 Å². The van der Waals surface area contributed by atoms with Gasteiger partial charge in [-0.15, -0.1) is 0 Å². The molecule has 0 aliphatic carbocycles. The summed E-state index contributed by atoms with van der Waals surface area (Å²) in [5, 5.41) is 5.45. The van der Waals surface area contributed by atoms with Crippen LogP contribution in [-0.2, 0) is 9.53 Å². The number of carbonyl (C=O) groups excluding carboxylic acids is 2. The van der Waals surface area contributed by atoms with E-state index in [0.717, 1.165) is 5.56 Å². The van der Waals surface area contributed by atoms with E-state index in [2.05, 4.69) is 23.3 Å². The Morgan fingerprint density at radius 3 is 2.36 bits per heavy atom. The lowest BCUT2D eigenvalue weighted by Crippen LogP contribution is -2.40. The van der Waals surface area contributed by atoms with Crippen LogP contribution in [0.25, 0.3) is 0 Å². The lowest BCUT2D eigenvalue weighted by atomic mass is 9.98. The highest BCUT2D eigenvalue weighted by Crippen LogP contribution is 2.15. The number of carbonyl (C=O) groups is 2. The minimum atomic E-state index is -0.569. The molecule has 0 aliphatic heterocycles. The highest BCUT2D eigenvalue weighted by Gasteiger charge is 2.22. The van der Waals surface area contributed by atoms with Gasteiger partial charge in [0.25, 0.3) is 0 Å². The van der Waals surface area contributed by atoms with Gasteiger partial charge in [-0.1, -0.05) is 30.3 Å². The summed E-state index contributed by atoms with van der Waals surface area (Å²) in [6, 6.07) is 9.33. The summed E-state index contributed by atoms with van der Waals surface area (Å²) < 4.78 is 5.19. The fraction of sp³-hybridized carbons (Fsp3) is 0.500. The van der Waals surface area contributed by atoms with Crippen LogP contribution in [0.5, 0.6) is 0 Å². The second-order valence-electron chi connectivity index (χ2n) is 5.86. The van der Waals surface area contributed by atoms with Crippen molar-refractivity contribution in [2.24, 2.45) is 0 Å². The van der Waals surface area contributed by atoms with E-state index in [4.69, 9.17) is 4.74 Å². The first-order chi connectivity index (χ1) is 10.3. The molecule has 5 nitrogen and oxygen atoms in total. The zero-order valence-electron chi connectivity index (χ0n) is 13.3. The number of benzene rings is 1. The van der Waals surface area contributed by atoms with Gasteiger partial charge in [-0.05, 0) is 26.3 Å².